The van der Waals surface area contributed by atoms with E-state index < -0.39 is 11.1 Å². The van der Waals surface area contributed by atoms with Gasteiger partial charge in [-0.2, -0.15) is 0 Å². The zero-order valence-corrected chi connectivity index (χ0v) is 34.7. The highest BCUT2D eigenvalue weighted by Crippen LogP contribution is 2.54. The van der Waals surface area contributed by atoms with E-state index in [0.29, 0.717) is 24.0 Å². The first-order valence-electron chi connectivity index (χ1n) is 21.6. The molecule has 7 N–H and O–H groups in total. The van der Waals surface area contributed by atoms with Gasteiger partial charge in [-0.05, 0) is 140 Å². The summed E-state index contributed by atoms with van der Waals surface area (Å²) in [7, 11) is 0. The number of carbonyl (C=O) groups excluding carboxylic acids is 1. The van der Waals surface area contributed by atoms with Crippen LogP contribution in [0.3, 0.4) is 0 Å². The summed E-state index contributed by atoms with van der Waals surface area (Å²) < 4.78 is 0. The van der Waals surface area contributed by atoms with Crippen molar-refractivity contribution < 1.29 is 10.0 Å². The molecule has 7 rings (SSSR count). The summed E-state index contributed by atoms with van der Waals surface area (Å²) in [5.74, 6) is 0.893. The highest BCUT2D eigenvalue weighted by atomic mass is 16.4. The minimum absolute atomic E-state index is 0.154. The lowest BCUT2D eigenvalue weighted by atomic mass is 9.77. The van der Waals surface area contributed by atoms with Crippen molar-refractivity contribution in [1.82, 2.24) is 10.6 Å². The first-order chi connectivity index (χ1) is 27.7. The predicted molar refractivity (Wildman–Crippen MR) is 231 cm³/mol. The van der Waals surface area contributed by atoms with Crippen LogP contribution < -0.4 is 22.1 Å². The fourth-order valence-electron chi connectivity index (χ4n) is 9.87. The van der Waals surface area contributed by atoms with Gasteiger partial charge in [0.05, 0.1) is 16.8 Å². The normalized spacial score (nSPS) is 22.5. The van der Waals surface area contributed by atoms with Gasteiger partial charge in [0, 0.05) is 40.8 Å². The quantitative estimate of drug-likeness (QED) is 0.0201. The second-order valence-corrected chi connectivity index (χ2v) is 16.8. The van der Waals surface area contributed by atoms with Crippen LogP contribution in [0.15, 0.2) is 59.8 Å². The van der Waals surface area contributed by atoms with Gasteiger partial charge in [0.2, 0.25) is 0 Å². The lowest BCUT2D eigenvalue weighted by Gasteiger charge is -2.39. The van der Waals surface area contributed by atoms with Crippen LogP contribution >= 0.6 is 0 Å². The number of hydrogen-bond donors (Lipinski definition) is 5. The van der Waals surface area contributed by atoms with Crippen LogP contribution in [0.25, 0.3) is 22.3 Å². The van der Waals surface area contributed by atoms with Crippen LogP contribution in [0.4, 0.5) is 0 Å². The first kappa shape index (κ1) is 40.7. The molecule has 7 heteroatoms. The van der Waals surface area contributed by atoms with Gasteiger partial charge in [-0.3, -0.25) is 4.79 Å². The molecule has 1 fully saturated rings. The molecule has 4 aromatic rings. The topological polar surface area (TPSA) is 126 Å². The highest BCUT2D eigenvalue weighted by molar-refractivity contribution is 6.00. The molecule has 0 radical (unpaired) electrons. The maximum atomic E-state index is 14.1. The van der Waals surface area contributed by atoms with Crippen molar-refractivity contribution in [3.8, 4) is 22.3 Å². The third kappa shape index (κ3) is 7.19. The smallest absolute Gasteiger partial charge is 0.162 e. The van der Waals surface area contributed by atoms with E-state index in [9.17, 15) is 10.0 Å². The Morgan fingerprint density at radius 1 is 0.789 bits per heavy atom. The number of oxime groups is 1. The molecule has 3 aliphatic carbocycles. The van der Waals surface area contributed by atoms with Gasteiger partial charge >= 0.3 is 0 Å². The molecule has 7 nitrogen and oxygen atoms in total. The van der Waals surface area contributed by atoms with Crippen LogP contribution in [-0.4, -0.2) is 41.9 Å². The van der Waals surface area contributed by atoms with Crippen molar-refractivity contribution in [2.75, 3.05) is 13.1 Å². The number of rotatable bonds is 20. The number of nitrogens with zero attached hydrogens (tertiary/aromatic N) is 1. The number of Topliss-reactive ketones (excluding diaryl/α,β-unsaturated/α-hetero) is 1. The monoisotopic (exact) mass is 763 g/mol. The molecule has 0 amide bonds. The van der Waals surface area contributed by atoms with Crippen LogP contribution in [0.2, 0.25) is 0 Å². The fraction of sp³-hybridized carbons (Fsp3) is 0.480. The summed E-state index contributed by atoms with van der Waals surface area (Å²) in [6.45, 7) is 12.3. The molecule has 0 bridgehead atoms. The van der Waals surface area contributed by atoms with E-state index in [-0.39, 0.29) is 17.9 Å². The Labute approximate surface area is 341 Å². The van der Waals surface area contributed by atoms with Gasteiger partial charge in [-0.25, -0.2) is 0 Å². The number of fused-ring (bicyclic) bond motifs is 6. The zero-order valence-electron chi connectivity index (χ0n) is 34.7. The van der Waals surface area contributed by atoms with Crippen LogP contribution in [0.5, 0.6) is 0 Å². The van der Waals surface area contributed by atoms with Gasteiger partial charge < -0.3 is 27.3 Å². The lowest BCUT2D eigenvalue weighted by Crippen LogP contribution is -2.55. The van der Waals surface area contributed by atoms with Gasteiger partial charge in [-0.15, -0.1) is 0 Å². The lowest BCUT2D eigenvalue weighted by molar-refractivity contribution is 0.0977. The third-order valence-corrected chi connectivity index (χ3v) is 13.1. The summed E-state index contributed by atoms with van der Waals surface area (Å²) >= 11 is 0. The van der Waals surface area contributed by atoms with Gasteiger partial charge in [0.15, 0.2) is 5.78 Å². The Morgan fingerprint density at radius 2 is 1.39 bits per heavy atom. The third-order valence-electron chi connectivity index (χ3n) is 13.1. The van der Waals surface area contributed by atoms with Crippen LogP contribution in [-0.2, 0) is 11.1 Å². The van der Waals surface area contributed by atoms with Crippen molar-refractivity contribution in [3.63, 3.8) is 0 Å². The molecular weight excluding hydrogens is 703 g/mol. The summed E-state index contributed by atoms with van der Waals surface area (Å²) in [5.41, 5.74) is 25.2. The SMILES string of the molecule is CCCCNC1(C(N)CCC)c2ccc#cc2-c2ccc(C(=O)CCC3C[C@@H]3c3c#cc4c(c3)C(NCCCC)(C(N)CCC)c3cc(/C(C)=N/O)ccc3-4)cc21. The van der Waals surface area contributed by atoms with E-state index in [1.807, 2.05) is 25.1 Å². The van der Waals surface area contributed by atoms with Crippen LogP contribution in [0, 0.1) is 30.2 Å². The van der Waals surface area contributed by atoms with Gasteiger partial charge in [0.25, 0.3) is 0 Å². The minimum atomic E-state index is -0.606. The van der Waals surface area contributed by atoms with E-state index >= 15 is 0 Å². The Bertz CT molecular complexity index is 2110. The molecular formula is C50H61N5O2. The summed E-state index contributed by atoms with van der Waals surface area (Å²) in [6.07, 6.45) is 10.2. The molecule has 0 heterocycles. The maximum absolute atomic E-state index is 14.1. The maximum Gasteiger partial charge on any atom is 0.162 e. The largest absolute Gasteiger partial charge is 0.411 e. The molecule has 1 saturated carbocycles. The number of ketones is 1. The van der Waals surface area contributed by atoms with Crippen molar-refractivity contribution in [1.29, 1.82) is 0 Å². The van der Waals surface area contributed by atoms with E-state index in [2.05, 4.69) is 104 Å². The molecule has 0 spiro atoms. The van der Waals surface area contributed by atoms with E-state index in [1.165, 1.54) is 0 Å². The molecule has 0 aliphatic heterocycles. The zero-order chi connectivity index (χ0) is 40.3. The second-order valence-electron chi connectivity index (χ2n) is 16.8. The standard InChI is InChI=1S/C50H61N5O2/c1-6-10-26-53-49(47(51)14-8-3)42-17-13-12-16-37(42)38-24-20-36(31-45(38)49)46(56)25-21-34-28-41(34)35-19-23-40-39-22-18-33(32(5)55-57)29-43(39)50(44(40)30-35,48(52)15-9-4)54-27-11-7-2/h13,17-18,20,22,24,29-31,34,41,47-48,53-54,57H,6-11,14-15,21,25-28,51-52H2,1-5H3/b55-32+/t34?,41-,47?,48?,49?,50?/m0/s1. The summed E-state index contributed by atoms with van der Waals surface area (Å²) in [5, 5.41) is 21.0. The predicted octanol–water partition coefficient (Wildman–Crippen LogP) is 9.33. The number of carbonyl (C=O) groups is 1. The summed E-state index contributed by atoms with van der Waals surface area (Å²) in [6, 6.07) is 32.3. The average molecular weight is 764 g/mol. The second kappa shape index (κ2) is 17.2. The van der Waals surface area contributed by atoms with E-state index in [0.717, 1.165) is 138 Å². The Kier molecular flexibility index (Phi) is 12.2. The number of nitrogens with one attached hydrogen (secondary N) is 2. The molecule has 0 aromatic heterocycles. The van der Waals surface area contributed by atoms with E-state index in [4.69, 9.17) is 11.5 Å². The number of nitrogens with two attached hydrogens (primary N) is 2. The van der Waals surface area contributed by atoms with E-state index in [1.54, 1.807) is 0 Å². The van der Waals surface area contributed by atoms with Gasteiger partial charge in [0.1, 0.15) is 0 Å². The molecule has 4 aromatic carbocycles. The number of benzene rings is 2. The highest BCUT2D eigenvalue weighted by Gasteiger charge is 2.50. The summed E-state index contributed by atoms with van der Waals surface area (Å²) in [4.78, 5) is 14.1. The van der Waals surface area contributed by atoms with Crippen LogP contribution in [0.1, 0.15) is 155 Å². The minimum Gasteiger partial charge on any atom is -0.411 e. The van der Waals surface area contributed by atoms with Gasteiger partial charge in [-0.1, -0.05) is 107 Å². The molecule has 5 unspecified atom stereocenters. The average Bonchev–Trinajstić information content (AvgIpc) is 3.89. The van der Waals surface area contributed by atoms with Crippen molar-refractivity contribution in [2.24, 2.45) is 22.5 Å². The molecule has 57 heavy (non-hydrogen) atoms. The Balaban J connectivity index is 1.14. The number of unbranched alkanes of at least 4 members (excludes halogenated alkanes) is 2. The van der Waals surface area contributed by atoms with Crippen molar-refractivity contribution in [2.45, 2.75) is 134 Å². The molecule has 3 aliphatic rings. The number of hydrogen-bond acceptors (Lipinski definition) is 7. The Morgan fingerprint density at radius 3 is 2.00 bits per heavy atom. The first-order valence-corrected chi connectivity index (χ1v) is 21.6. The molecule has 298 valence electrons. The molecule has 0 saturated heterocycles. The fourth-order valence-corrected chi connectivity index (χ4v) is 9.87. The van der Waals surface area contributed by atoms with Crippen molar-refractivity contribution >= 4 is 11.5 Å². The van der Waals surface area contributed by atoms with Crippen molar-refractivity contribution in [3.05, 3.63) is 118 Å². The Hall–Kier alpha value is -4.50. The molecule has 6 atom stereocenters.